The topological polar surface area (TPSA) is 45.5 Å². The first-order valence-corrected chi connectivity index (χ1v) is 29.4. The molecule has 18 aromatic rings. The second-order valence-electron chi connectivity index (χ2n) is 22.5. The van der Waals surface area contributed by atoms with Gasteiger partial charge in [-0.3, -0.25) is 9.13 Å². The Morgan fingerprint density at radius 3 is 0.884 bits per heavy atom. The highest BCUT2D eigenvalue weighted by atomic mass is 15.3. The van der Waals surface area contributed by atoms with Crippen LogP contribution < -0.4 is 0 Å². The third-order valence-electron chi connectivity index (χ3n) is 17.9. The van der Waals surface area contributed by atoms with Crippen LogP contribution in [0.1, 0.15) is 0 Å². The van der Waals surface area contributed by atoms with Crippen molar-refractivity contribution in [2.75, 3.05) is 0 Å². The van der Waals surface area contributed by atoms with Crippen LogP contribution in [0, 0.1) is 0 Å². The Balaban J connectivity index is 0.828. The maximum atomic E-state index is 5.44. The zero-order chi connectivity index (χ0) is 56.4. The molecular weight excluding hydrogens is 1040 g/mol. The standard InChI is InChI=1S/C80H50N6/c1-4-20-51(21-5-1)59-26-10-11-27-60(59)56-36-41-65-70(50-56)80(86-74-35-19-15-31-64(74)69-49-55(40-45-78(69)86)53-38-43-76-67(47-53)62-29-13-17-33-72(62)84(76)58-24-8-3-9-25-58)82-81-79(65)85-73-34-18-14-30-63(73)68-48-54(39-44-77(68)85)52-37-42-75-66(46-52)61-28-12-16-32-71(61)83(75)57-22-6-2-7-23-57/h1-50H. The van der Waals surface area contributed by atoms with E-state index in [-0.39, 0.29) is 0 Å². The smallest absolute Gasteiger partial charge is 0.168 e. The number of benzene rings is 13. The molecule has 0 atom stereocenters. The average Bonchev–Trinajstić information content (AvgIpc) is 1.74. The van der Waals surface area contributed by atoms with Crippen molar-refractivity contribution >= 4 is 98.0 Å². The monoisotopic (exact) mass is 1090 g/mol. The molecule has 400 valence electrons. The Morgan fingerprint density at radius 1 is 0.174 bits per heavy atom. The first-order chi connectivity index (χ1) is 42.7. The minimum absolute atomic E-state index is 0.768. The van der Waals surface area contributed by atoms with Gasteiger partial charge in [-0.25, -0.2) is 0 Å². The number of rotatable bonds is 8. The normalized spacial score (nSPS) is 12.0. The summed E-state index contributed by atoms with van der Waals surface area (Å²) in [5.41, 5.74) is 20.5. The largest absolute Gasteiger partial charge is 0.309 e. The van der Waals surface area contributed by atoms with E-state index in [1.807, 2.05) is 0 Å². The molecule has 18 rings (SSSR count). The quantitative estimate of drug-likeness (QED) is 0.152. The Morgan fingerprint density at radius 2 is 0.465 bits per heavy atom. The number of para-hydroxylation sites is 6. The molecule has 0 aliphatic carbocycles. The van der Waals surface area contributed by atoms with E-state index in [1.54, 1.807) is 0 Å². The molecule has 0 N–H and O–H groups in total. The van der Waals surface area contributed by atoms with Crippen LogP contribution in [0.5, 0.6) is 0 Å². The van der Waals surface area contributed by atoms with Gasteiger partial charge in [0.05, 0.1) is 44.1 Å². The molecule has 0 unspecified atom stereocenters. The summed E-state index contributed by atoms with van der Waals surface area (Å²) in [6, 6.07) is 110. The lowest BCUT2D eigenvalue weighted by Crippen LogP contribution is -2.06. The van der Waals surface area contributed by atoms with Crippen LogP contribution in [-0.2, 0) is 0 Å². The highest BCUT2D eigenvalue weighted by molar-refractivity contribution is 6.16. The highest BCUT2D eigenvalue weighted by Crippen LogP contribution is 2.44. The van der Waals surface area contributed by atoms with Crippen LogP contribution in [0.2, 0.25) is 0 Å². The van der Waals surface area contributed by atoms with Gasteiger partial charge in [-0.2, -0.15) is 0 Å². The molecule has 86 heavy (non-hydrogen) atoms. The van der Waals surface area contributed by atoms with E-state index in [1.165, 1.54) is 54.7 Å². The van der Waals surface area contributed by atoms with Crippen molar-refractivity contribution in [3.63, 3.8) is 0 Å². The Kier molecular flexibility index (Phi) is 10.6. The fourth-order valence-electron chi connectivity index (χ4n) is 14.0. The van der Waals surface area contributed by atoms with Crippen molar-refractivity contribution in [1.29, 1.82) is 0 Å². The van der Waals surface area contributed by atoms with Crippen LogP contribution >= 0.6 is 0 Å². The summed E-state index contributed by atoms with van der Waals surface area (Å²) < 4.78 is 9.41. The Labute approximate surface area is 494 Å². The van der Waals surface area contributed by atoms with Crippen LogP contribution in [-0.4, -0.2) is 28.5 Å². The summed E-state index contributed by atoms with van der Waals surface area (Å²) in [6.07, 6.45) is 0. The van der Waals surface area contributed by atoms with E-state index in [2.05, 4.69) is 322 Å². The van der Waals surface area contributed by atoms with Gasteiger partial charge in [0, 0.05) is 65.2 Å². The summed E-state index contributed by atoms with van der Waals surface area (Å²) in [7, 11) is 0. The first kappa shape index (κ1) is 48.0. The number of nitrogens with zero attached hydrogens (tertiary/aromatic N) is 6. The molecule has 0 spiro atoms. The minimum atomic E-state index is 0.768. The van der Waals surface area contributed by atoms with Crippen molar-refractivity contribution in [2.24, 2.45) is 0 Å². The van der Waals surface area contributed by atoms with E-state index in [4.69, 9.17) is 10.2 Å². The van der Waals surface area contributed by atoms with E-state index in [0.29, 0.717) is 0 Å². The van der Waals surface area contributed by atoms with Gasteiger partial charge < -0.3 is 9.13 Å². The molecule has 0 saturated carbocycles. The molecule has 5 aromatic heterocycles. The molecule has 0 aliphatic rings. The maximum Gasteiger partial charge on any atom is 0.168 e. The van der Waals surface area contributed by atoms with Crippen molar-refractivity contribution in [3.8, 4) is 67.5 Å². The zero-order valence-corrected chi connectivity index (χ0v) is 46.6. The zero-order valence-electron chi connectivity index (χ0n) is 46.6. The van der Waals surface area contributed by atoms with Gasteiger partial charge in [-0.05, 0) is 154 Å². The van der Waals surface area contributed by atoms with Gasteiger partial charge in [-0.1, -0.05) is 194 Å². The number of aromatic nitrogens is 6. The fourth-order valence-corrected chi connectivity index (χ4v) is 14.0. The van der Waals surface area contributed by atoms with Crippen LogP contribution in [0.4, 0.5) is 0 Å². The van der Waals surface area contributed by atoms with Crippen LogP contribution in [0.25, 0.3) is 166 Å². The van der Waals surface area contributed by atoms with E-state index in [0.717, 1.165) is 111 Å². The molecule has 6 heteroatoms. The lowest BCUT2D eigenvalue weighted by Gasteiger charge is -2.16. The predicted molar refractivity (Wildman–Crippen MR) is 359 cm³/mol. The number of hydrogen-bond donors (Lipinski definition) is 0. The van der Waals surface area contributed by atoms with Crippen LogP contribution in [0.15, 0.2) is 303 Å². The Hall–Kier alpha value is -11.6. The van der Waals surface area contributed by atoms with Gasteiger partial charge in [0.1, 0.15) is 0 Å². The lowest BCUT2D eigenvalue weighted by molar-refractivity contribution is 0.930. The molecular formula is C80H50N6. The molecule has 0 bridgehead atoms. The van der Waals surface area contributed by atoms with E-state index < -0.39 is 0 Å². The molecule has 0 saturated heterocycles. The maximum absolute atomic E-state index is 5.44. The number of fused-ring (bicyclic) bond motifs is 13. The molecule has 0 amide bonds. The van der Waals surface area contributed by atoms with Gasteiger partial charge in [0.25, 0.3) is 0 Å². The van der Waals surface area contributed by atoms with Gasteiger partial charge in [0.15, 0.2) is 11.6 Å². The molecule has 0 fully saturated rings. The van der Waals surface area contributed by atoms with E-state index in [9.17, 15) is 0 Å². The van der Waals surface area contributed by atoms with Crippen molar-refractivity contribution in [2.45, 2.75) is 0 Å². The summed E-state index contributed by atoms with van der Waals surface area (Å²) in [5, 5.41) is 22.3. The first-order valence-electron chi connectivity index (χ1n) is 29.4. The SMILES string of the molecule is c1ccc(-c2ccccc2-c2ccc3c(-n4c5ccccc5c5cc(-c6ccc7c(c6)c6ccccc6n7-c6ccccc6)ccc54)nnc(-n4c5ccccc5c5cc(-c6ccc7c(c6)c6ccccc6n7-c6ccccc6)ccc54)c3c2)cc1. The third-order valence-corrected chi connectivity index (χ3v) is 17.9. The van der Waals surface area contributed by atoms with Gasteiger partial charge in [-0.15, -0.1) is 10.2 Å². The van der Waals surface area contributed by atoms with Gasteiger partial charge in [0.2, 0.25) is 0 Å². The Bertz CT molecular complexity index is 5770. The molecule has 0 radical (unpaired) electrons. The minimum Gasteiger partial charge on any atom is -0.309 e. The molecule has 5 heterocycles. The summed E-state index contributed by atoms with van der Waals surface area (Å²) in [5.74, 6) is 1.54. The fraction of sp³-hybridized carbons (Fsp3) is 0. The molecule has 6 nitrogen and oxygen atoms in total. The van der Waals surface area contributed by atoms with Crippen molar-refractivity contribution in [3.05, 3.63) is 303 Å². The molecule has 13 aromatic carbocycles. The summed E-state index contributed by atoms with van der Waals surface area (Å²) >= 11 is 0. The van der Waals surface area contributed by atoms with Crippen molar-refractivity contribution < 1.29 is 0 Å². The second kappa shape index (κ2) is 19.0. The number of hydrogen-bond acceptors (Lipinski definition) is 2. The molecule has 0 aliphatic heterocycles. The second-order valence-corrected chi connectivity index (χ2v) is 22.5. The predicted octanol–water partition coefficient (Wildman–Crippen LogP) is 20.7. The van der Waals surface area contributed by atoms with Gasteiger partial charge >= 0.3 is 0 Å². The van der Waals surface area contributed by atoms with E-state index >= 15 is 0 Å². The summed E-state index contributed by atoms with van der Waals surface area (Å²) in [4.78, 5) is 0. The van der Waals surface area contributed by atoms with Crippen molar-refractivity contribution in [1.82, 2.24) is 28.5 Å². The lowest BCUT2D eigenvalue weighted by atomic mass is 9.93. The highest BCUT2D eigenvalue weighted by Gasteiger charge is 2.24. The third kappa shape index (κ3) is 7.26. The van der Waals surface area contributed by atoms with Crippen LogP contribution in [0.3, 0.4) is 0 Å². The summed E-state index contributed by atoms with van der Waals surface area (Å²) in [6.45, 7) is 0. The average molecular weight is 1100 g/mol.